The van der Waals surface area contributed by atoms with Crippen molar-refractivity contribution in [1.82, 2.24) is 20.5 Å². The van der Waals surface area contributed by atoms with Crippen LogP contribution in [0.5, 0.6) is 0 Å². The lowest BCUT2D eigenvalue weighted by Crippen LogP contribution is -2.52. The van der Waals surface area contributed by atoms with Crippen LogP contribution in [0.1, 0.15) is 32.9 Å². The van der Waals surface area contributed by atoms with E-state index in [1.165, 1.54) is 11.3 Å². The molecule has 0 atom stereocenters. The molecule has 3 heterocycles. The molecule has 8 nitrogen and oxygen atoms in total. The lowest BCUT2D eigenvalue weighted by Gasteiger charge is -2.34. The fourth-order valence-electron chi connectivity index (χ4n) is 3.50. The standard InChI is InChI=1S/C21H24N6O2S/c1-26-11-9-15(10-12-26)25-27(21(29)14-5-3-2-4-6-14)16-13-23-24-19(16)17-7-8-18(30-17)20(22)28/h2-8,13,15,25H,9-12H2,1H3,(H2,22,28)(H,23,24). The molecule has 3 aromatic rings. The van der Waals surface area contributed by atoms with Gasteiger partial charge in [0, 0.05) is 11.6 Å². The number of carbonyl (C=O) groups is 2. The Hall–Kier alpha value is -3.01. The van der Waals surface area contributed by atoms with Crippen molar-refractivity contribution in [2.45, 2.75) is 18.9 Å². The van der Waals surface area contributed by atoms with Gasteiger partial charge in [0.15, 0.2) is 0 Å². The quantitative estimate of drug-likeness (QED) is 0.527. The van der Waals surface area contributed by atoms with Gasteiger partial charge in [-0.3, -0.25) is 14.7 Å². The first-order valence-electron chi connectivity index (χ1n) is 9.80. The number of anilines is 1. The average molecular weight is 425 g/mol. The number of benzene rings is 1. The van der Waals surface area contributed by atoms with Crippen LogP contribution >= 0.6 is 11.3 Å². The summed E-state index contributed by atoms with van der Waals surface area (Å²) in [5.41, 5.74) is 10.7. The largest absolute Gasteiger partial charge is 0.365 e. The van der Waals surface area contributed by atoms with Crippen molar-refractivity contribution < 1.29 is 9.59 Å². The van der Waals surface area contributed by atoms with Crippen LogP contribution in [0.3, 0.4) is 0 Å². The molecule has 156 valence electrons. The second-order valence-corrected chi connectivity index (χ2v) is 8.46. The topological polar surface area (TPSA) is 107 Å². The Morgan fingerprint density at radius 1 is 1.20 bits per heavy atom. The third-order valence-corrected chi connectivity index (χ3v) is 6.33. The zero-order chi connectivity index (χ0) is 21.1. The highest BCUT2D eigenvalue weighted by Crippen LogP contribution is 2.34. The Labute approximate surface area is 178 Å². The van der Waals surface area contributed by atoms with Crippen molar-refractivity contribution in [3.63, 3.8) is 0 Å². The second-order valence-electron chi connectivity index (χ2n) is 7.37. The van der Waals surface area contributed by atoms with Crippen molar-refractivity contribution in [3.8, 4) is 10.6 Å². The van der Waals surface area contributed by atoms with Crippen molar-refractivity contribution in [1.29, 1.82) is 0 Å². The van der Waals surface area contributed by atoms with Gasteiger partial charge >= 0.3 is 0 Å². The van der Waals surface area contributed by atoms with E-state index in [1.54, 1.807) is 29.4 Å². The molecule has 9 heteroatoms. The highest BCUT2D eigenvalue weighted by Gasteiger charge is 2.27. The number of rotatable bonds is 6. The molecule has 1 fully saturated rings. The number of hydrogen-bond donors (Lipinski definition) is 3. The number of carbonyl (C=O) groups excluding carboxylic acids is 2. The van der Waals surface area contributed by atoms with Gasteiger partial charge in [-0.25, -0.2) is 10.4 Å². The van der Waals surface area contributed by atoms with E-state index < -0.39 is 5.91 Å². The van der Waals surface area contributed by atoms with Gasteiger partial charge < -0.3 is 10.6 Å². The van der Waals surface area contributed by atoms with Crippen LogP contribution in [-0.2, 0) is 0 Å². The fourth-order valence-corrected chi connectivity index (χ4v) is 4.36. The molecule has 1 aliphatic rings. The summed E-state index contributed by atoms with van der Waals surface area (Å²) in [6, 6.07) is 12.8. The van der Waals surface area contributed by atoms with Crippen molar-refractivity contribution >= 4 is 28.8 Å². The van der Waals surface area contributed by atoms with E-state index in [0.29, 0.717) is 21.8 Å². The third kappa shape index (κ3) is 4.28. The normalized spacial score (nSPS) is 15.2. The number of amides is 2. The van der Waals surface area contributed by atoms with Crippen LogP contribution in [0.25, 0.3) is 10.6 Å². The Balaban J connectivity index is 1.68. The van der Waals surface area contributed by atoms with E-state index in [-0.39, 0.29) is 11.9 Å². The number of aromatic amines is 1. The molecule has 1 aliphatic heterocycles. The molecule has 4 N–H and O–H groups in total. The number of H-pyrrole nitrogens is 1. The number of nitrogens with two attached hydrogens (primary N) is 1. The first-order chi connectivity index (χ1) is 14.5. The van der Waals surface area contributed by atoms with Gasteiger partial charge in [0.2, 0.25) is 0 Å². The molecule has 1 saturated heterocycles. The number of aromatic nitrogens is 2. The maximum atomic E-state index is 13.4. The number of piperidine rings is 1. The number of nitrogens with one attached hydrogen (secondary N) is 2. The summed E-state index contributed by atoms with van der Waals surface area (Å²) in [4.78, 5) is 28.4. The van der Waals surface area contributed by atoms with Gasteiger partial charge in [-0.05, 0) is 57.2 Å². The first-order valence-corrected chi connectivity index (χ1v) is 10.6. The summed E-state index contributed by atoms with van der Waals surface area (Å²) in [7, 11) is 2.10. The summed E-state index contributed by atoms with van der Waals surface area (Å²) in [6.45, 7) is 1.94. The number of nitrogens with zero attached hydrogens (tertiary/aromatic N) is 3. The maximum Gasteiger partial charge on any atom is 0.272 e. The summed E-state index contributed by atoms with van der Waals surface area (Å²) in [5.74, 6) is -0.641. The van der Waals surface area contributed by atoms with Crippen LogP contribution in [0.4, 0.5) is 5.69 Å². The highest BCUT2D eigenvalue weighted by atomic mass is 32.1. The molecule has 0 aliphatic carbocycles. The Morgan fingerprint density at radius 3 is 2.60 bits per heavy atom. The van der Waals surface area contributed by atoms with Gasteiger partial charge in [-0.15, -0.1) is 11.3 Å². The van der Waals surface area contributed by atoms with Gasteiger partial charge in [0.25, 0.3) is 11.8 Å². The molecule has 0 spiro atoms. The highest BCUT2D eigenvalue weighted by molar-refractivity contribution is 7.17. The Morgan fingerprint density at radius 2 is 1.93 bits per heavy atom. The molecular weight excluding hydrogens is 400 g/mol. The van der Waals surface area contributed by atoms with Gasteiger partial charge in [0.1, 0.15) is 11.4 Å². The minimum Gasteiger partial charge on any atom is -0.365 e. The van der Waals surface area contributed by atoms with Crippen LogP contribution in [0, 0.1) is 0 Å². The lowest BCUT2D eigenvalue weighted by molar-refractivity contribution is 0.0960. The summed E-state index contributed by atoms with van der Waals surface area (Å²) in [6.07, 6.45) is 3.50. The van der Waals surface area contributed by atoms with Crippen molar-refractivity contribution in [2.24, 2.45) is 5.73 Å². The summed E-state index contributed by atoms with van der Waals surface area (Å²) >= 11 is 1.27. The van der Waals surface area contributed by atoms with E-state index in [4.69, 9.17) is 5.73 Å². The van der Waals surface area contributed by atoms with Crippen LogP contribution < -0.4 is 16.2 Å². The number of likely N-dealkylation sites (tertiary alicyclic amines) is 1. The molecule has 0 radical (unpaired) electrons. The maximum absolute atomic E-state index is 13.4. The molecule has 2 aromatic heterocycles. The van der Waals surface area contributed by atoms with E-state index in [2.05, 4.69) is 27.6 Å². The molecule has 1 aromatic carbocycles. The predicted molar refractivity (Wildman–Crippen MR) is 117 cm³/mol. The first kappa shape index (κ1) is 20.3. The fraction of sp³-hybridized carbons (Fsp3) is 0.286. The number of thiophene rings is 1. The smallest absolute Gasteiger partial charge is 0.272 e. The number of hydrazine groups is 1. The third-order valence-electron chi connectivity index (χ3n) is 5.21. The molecule has 2 amide bonds. The van der Waals surface area contributed by atoms with Crippen LogP contribution in [0.15, 0.2) is 48.7 Å². The molecule has 30 heavy (non-hydrogen) atoms. The molecule has 0 bridgehead atoms. The monoisotopic (exact) mass is 424 g/mol. The Bertz CT molecular complexity index is 1020. The van der Waals surface area contributed by atoms with Gasteiger partial charge in [-0.2, -0.15) is 5.10 Å². The molecule has 0 saturated carbocycles. The van der Waals surface area contributed by atoms with E-state index >= 15 is 0 Å². The number of hydrogen-bond acceptors (Lipinski definition) is 6. The minimum absolute atomic E-state index is 0.163. The molecule has 4 rings (SSSR count). The molecule has 0 unspecified atom stereocenters. The summed E-state index contributed by atoms with van der Waals surface area (Å²) in [5, 5.41) is 8.73. The number of primary amides is 1. The van der Waals surface area contributed by atoms with Gasteiger partial charge in [-0.1, -0.05) is 18.2 Å². The minimum atomic E-state index is -0.478. The lowest BCUT2D eigenvalue weighted by atomic mass is 10.1. The Kier molecular flexibility index (Phi) is 5.93. The predicted octanol–water partition coefficient (Wildman–Crippen LogP) is 2.48. The zero-order valence-corrected chi connectivity index (χ0v) is 17.5. The van der Waals surface area contributed by atoms with E-state index in [0.717, 1.165) is 30.8 Å². The summed E-state index contributed by atoms with van der Waals surface area (Å²) < 4.78 is 0. The van der Waals surface area contributed by atoms with E-state index in [9.17, 15) is 9.59 Å². The van der Waals surface area contributed by atoms with Gasteiger partial charge in [0.05, 0.1) is 16.0 Å². The van der Waals surface area contributed by atoms with Crippen molar-refractivity contribution in [3.05, 3.63) is 59.1 Å². The SMILES string of the molecule is CN1CCC(NN(C(=O)c2ccccc2)c2cn[nH]c2-c2ccc(C(N)=O)s2)CC1. The van der Waals surface area contributed by atoms with Crippen LogP contribution in [0.2, 0.25) is 0 Å². The average Bonchev–Trinajstić information content (AvgIpc) is 3.43. The second kappa shape index (κ2) is 8.78. The van der Waals surface area contributed by atoms with E-state index in [1.807, 2.05) is 24.3 Å². The molecular formula is C21H24N6O2S. The zero-order valence-electron chi connectivity index (χ0n) is 16.7. The van der Waals surface area contributed by atoms with Crippen molar-refractivity contribution in [2.75, 3.05) is 25.1 Å². The van der Waals surface area contributed by atoms with Crippen LogP contribution in [-0.4, -0.2) is 53.1 Å².